The second-order valence-electron chi connectivity index (χ2n) is 8.32. The monoisotopic (exact) mass is 417 g/mol. The molecule has 0 radical (unpaired) electrons. The Morgan fingerprint density at radius 2 is 1.81 bits per heavy atom. The lowest BCUT2D eigenvalue weighted by Crippen LogP contribution is -2.36. The Balaban J connectivity index is 1.27. The predicted octanol–water partition coefficient (Wildman–Crippen LogP) is 3.54. The summed E-state index contributed by atoms with van der Waals surface area (Å²) < 4.78 is 5.38. The van der Waals surface area contributed by atoms with Crippen molar-refractivity contribution in [3.05, 3.63) is 63.9 Å². The number of H-pyrrole nitrogens is 1. The molecule has 0 atom stereocenters. The highest BCUT2D eigenvalue weighted by molar-refractivity contribution is 5.97. The molecule has 1 aliphatic heterocycles. The summed E-state index contributed by atoms with van der Waals surface area (Å²) in [6, 6.07) is 13.6. The van der Waals surface area contributed by atoms with Gasteiger partial charge in [-0.3, -0.25) is 14.5 Å². The number of carbonyl (C=O) groups excluding carboxylic acids is 1. The van der Waals surface area contributed by atoms with Crippen LogP contribution in [0.15, 0.2) is 47.3 Å². The Morgan fingerprint density at radius 1 is 1.00 bits per heavy atom. The molecular weight excluding hydrogens is 390 g/mol. The lowest BCUT2D eigenvalue weighted by molar-refractivity contribution is -0.116. The van der Waals surface area contributed by atoms with Crippen molar-refractivity contribution in [2.45, 2.75) is 25.7 Å². The lowest BCUT2D eigenvalue weighted by atomic mass is 10.0. The summed E-state index contributed by atoms with van der Waals surface area (Å²) in [7, 11) is 0. The van der Waals surface area contributed by atoms with Gasteiger partial charge in [0.15, 0.2) is 0 Å². The van der Waals surface area contributed by atoms with Gasteiger partial charge in [0.1, 0.15) is 0 Å². The molecule has 3 aromatic rings. The maximum Gasteiger partial charge on any atom is 0.256 e. The molecule has 0 bridgehead atoms. The summed E-state index contributed by atoms with van der Waals surface area (Å²) in [5, 5.41) is 4.81. The summed E-state index contributed by atoms with van der Waals surface area (Å²) in [4.78, 5) is 30.6. The van der Waals surface area contributed by atoms with Crippen molar-refractivity contribution >= 4 is 22.4 Å². The van der Waals surface area contributed by atoms with Crippen LogP contribution in [0.5, 0.6) is 0 Å². The number of benzene rings is 2. The van der Waals surface area contributed by atoms with Crippen molar-refractivity contribution in [1.82, 2.24) is 9.88 Å². The number of aromatic nitrogens is 1. The van der Waals surface area contributed by atoms with E-state index in [9.17, 15) is 9.59 Å². The second-order valence-corrected chi connectivity index (χ2v) is 8.32. The van der Waals surface area contributed by atoms with E-state index in [-0.39, 0.29) is 11.5 Å². The summed E-state index contributed by atoms with van der Waals surface area (Å²) in [5.74, 6) is 0.0460. The van der Waals surface area contributed by atoms with Crippen LogP contribution in [0.4, 0.5) is 5.69 Å². The third kappa shape index (κ3) is 4.01. The fourth-order valence-electron chi connectivity index (χ4n) is 4.71. The normalized spacial score (nSPS) is 15.6. The summed E-state index contributed by atoms with van der Waals surface area (Å²) in [5.41, 5.74) is 4.85. The van der Waals surface area contributed by atoms with Gasteiger partial charge >= 0.3 is 0 Å². The smallest absolute Gasteiger partial charge is 0.256 e. The van der Waals surface area contributed by atoms with Crippen LogP contribution in [-0.4, -0.2) is 48.6 Å². The van der Waals surface area contributed by atoms with Crippen molar-refractivity contribution in [1.29, 1.82) is 0 Å². The highest BCUT2D eigenvalue weighted by Gasteiger charge is 2.25. The molecule has 1 amide bonds. The Morgan fingerprint density at radius 3 is 2.65 bits per heavy atom. The molecule has 6 nitrogen and oxygen atoms in total. The zero-order valence-electron chi connectivity index (χ0n) is 17.6. The largest absolute Gasteiger partial charge is 0.379 e. The van der Waals surface area contributed by atoms with E-state index >= 15 is 0 Å². The topological polar surface area (TPSA) is 74.4 Å². The van der Waals surface area contributed by atoms with Gasteiger partial charge in [-0.25, -0.2) is 0 Å². The lowest BCUT2D eigenvalue weighted by Gasteiger charge is -2.26. The number of hydrogen-bond donors (Lipinski definition) is 2. The molecule has 2 aromatic carbocycles. The highest BCUT2D eigenvalue weighted by Crippen LogP contribution is 2.41. The van der Waals surface area contributed by atoms with Gasteiger partial charge < -0.3 is 15.0 Å². The average molecular weight is 418 g/mol. The van der Waals surface area contributed by atoms with Crippen molar-refractivity contribution < 1.29 is 9.53 Å². The number of ether oxygens (including phenoxy) is 1. The Hall–Kier alpha value is -2.96. The molecule has 160 valence electrons. The van der Waals surface area contributed by atoms with Gasteiger partial charge in [-0.1, -0.05) is 30.3 Å². The van der Waals surface area contributed by atoms with Gasteiger partial charge in [-0.15, -0.1) is 0 Å². The number of amides is 1. The quantitative estimate of drug-likeness (QED) is 0.471. The van der Waals surface area contributed by atoms with E-state index < -0.39 is 0 Å². The Labute approximate surface area is 181 Å². The molecule has 2 N–H and O–H groups in total. The number of rotatable bonds is 6. The number of nitrogens with one attached hydrogen (secondary N) is 2. The van der Waals surface area contributed by atoms with Crippen LogP contribution < -0.4 is 10.9 Å². The Kier molecular flexibility index (Phi) is 5.57. The molecule has 1 aliphatic carbocycles. The molecule has 0 saturated carbocycles. The van der Waals surface area contributed by atoms with Crippen LogP contribution in [0, 0.1) is 0 Å². The number of pyridine rings is 1. The highest BCUT2D eigenvalue weighted by atomic mass is 16.5. The van der Waals surface area contributed by atoms with Crippen LogP contribution in [0.1, 0.15) is 30.4 Å². The predicted molar refractivity (Wildman–Crippen MR) is 123 cm³/mol. The number of anilines is 1. The van der Waals surface area contributed by atoms with Gasteiger partial charge in [0.05, 0.1) is 18.9 Å². The molecule has 1 fully saturated rings. The van der Waals surface area contributed by atoms with Crippen LogP contribution in [0.3, 0.4) is 0 Å². The molecule has 0 unspecified atom stereocenters. The van der Waals surface area contributed by atoms with Crippen LogP contribution in [0.25, 0.3) is 22.0 Å². The van der Waals surface area contributed by atoms with E-state index in [4.69, 9.17) is 4.74 Å². The zero-order chi connectivity index (χ0) is 21.2. The molecular formula is C25H27N3O3. The summed E-state index contributed by atoms with van der Waals surface area (Å²) in [6.07, 6.45) is 3.10. The molecule has 6 heteroatoms. The first-order chi connectivity index (χ1) is 15.2. The zero-order valence-corrected chi connectivity index (χ0v) is 17.6. The average Bonchev–Trinajstić information content (AvgIpc) is 3.17. The summed E-state index contributed by atoms with van der Waals surface area (Å²) in [6.45, 7) is 4.61. The SMILES string of the molecule is O=C(CCCCN1CCOCC1)Nc1cccc2c1Cc1c-2[nH]c(=O)c2ccccc12. The van der Waals surface area contributed by atoms with E-state index in [0.717, 1.165) is 79.1 Å². The van der Waals surface area contributed by atoms with E-state index in [0.29, 0.717) is 18.2 Å². The molecule has 2 aliphatic rings. The first kappa shape index (κ1) is 20.0. The number of unbranched alkanes of at least 4 members (excludes halogenated alkanes) is 1. The fraction of sp³-hybridized carbons (Fsp3) is 0.360. The number of carbonyl (C=O) groups is 1. The van der Waals surface area contributed by atoms with Gasteiger partial charge in [-0.2, -0.15) is 0 Å². The first-order valence-corrected chi connectivity index (χ1v) is 11.1. The van der Waals surface area contributed by atoms with Crippen LogP contribution in [0.2, 0.25) is 0 Å². The minimum absolute atomic E-state index is 0.0460. The number of nitrogens with zero attached hydrogens (tertiary/aromatic N) is 1. The van der Waals surface area contributed by atoms with Gasteiger partial charge in [-0.05, 0) is 48.0 Å². The molecule has 5 rings (SSSR count). The van der Waals surface area contributed by atoms with E-state index in [1.807, 2.05) is 42.5 Å². The maximum atomic E-state index is 12.6. The second kappa shape index (κ2) is 8.65. The molecule has 1 saturated heterocycles. The van der Waals surface area contributed by atoms with Gasteiger partial charge in [0, 0.05) is 42.6 Å². The molecule has 2 heterocycles. The molecule has 31 heavy (non-hydrogen) atoms. The van der Waals surface area contributed by atoms with Gasteiger partial charge in [0.2, 0.25) is 5.91 Å². The van der Waals surface area contributed by atoms with Crippen molar-refractivity contribution in [2.24, 2.45) is 0 Å². The number of fused-ring (bicyclic) bond motifs is 5. The maximum absolute atomic E-state index is 12.6. The third-order valence-electron chi connectivity index (χ3n) is 6.34. The molecule has 0 spiro atoms. The van der Waals surface area contributed by atoms with Crippen LogP contribution >= 0.6 is 0 Å². The number of morpholine rings is 1. The number of aromatic amines is 1. The van der Waals surface area contributed by atoms with Crippen molar-refractivity contribution in [3.63, 3.8) is 0 Å². The molecule has 1 aromatic heterocycles. The Bertz CT molecular complexity index is 1180. The van der Waals surface area contributed by atoms with Crippen molar-refractivity contribution in [3.8, 4) is 11.3 Å². The third-order valence-corrected chi connectivity index (χ3v) is 6.34. The number of hydrogen-bond acceptors (Lipinski definition) is 4. The standard InChI is InChI=1S/C25H27N3O3/c29-23(10-3-4-11-28-12-14-31-15-13-28)26-22-9-5-8-18-20(22)16-21-17-6-1-2-7-19(17)25(30)27-24(18)21/h1-2,5-9H,3-4,10-16H2,(H,26,29)(H,27,30). The minimum Gasteiger partial charge on any atom is -0.379 e. The summed E-state index contributed by atoms with van der Waals surface area (Å²) >= 11 is 0. The van der Waals surface area contributed by atoms with E-state index in [1.165, 1.54) is 0 Å². The van der Waals surface area contributed by atoms with E-state index in [1.54, 1.807) is 0 Å². The first-order valence-electron chi connectivity index (χ1n) is 11.1. The van der Waals surface area contributed by atoms with Crippen molar-refractivity contribution in [2.75, 3.05) is 38.2 Å². The van der Waals surface area contributed by atoms with E-state index in [2.05, 4.69) is 15.2 Å². The fourth-order valence-corrected chi connectivity index (χ4v) is 4.71. The van der Waals surface area contributed by atoms with Gasteiger partial charge in [0.25, 0.3) is 5.56 Å². The van der Waals surface area contributed by atoms with Crippen LogP contribution in [-0.2, 0) is 16.0 Å². The minimum atomic E-state index is -0.0723.